The van der Waals surface area contributed by atoms with Gasteiger partial charge in [0.25, 0.3) is 0 Å². The van der Waals surface area contributed by atoms with E-state index in [1.807, 2.05) is 6.92 Å². The molecule has 2 aromatic heterocycles. The molecule has 0 saturated heterocycles. The van der Waals surface area contributed by atoms with Crippen LogP contribution in [0.2, 0.25) is 0 Å². The van der Waals surface area contributed by atoms with Gasteiger partial charge in [0, 0.05) is 0 Å². The summed E-state index contributed by atoms with van der Waals surface area (Å²) in [6.07, 6.45) is -0.0428. The lowest BCUT2D eigenvalue weighted by atomic mass is 10.2. The van der Waals surface area contributed by atoms with Crippen molar-refractivity contribution >= 4 is 5.91 Å². The van der Waals surface area contributed by atoms with Crippen molar-refractivity contribution in [1.29, 1.82) is 0 Å². The highest BCUT2D eigenvalue weighted by Crippen LogP contribution is 2.20. The summed E-state index contributed by atoms with van der Waals surface area (Å²) in [5, 5.41) is 3.72. The lowest BCUT2D eigenvalue weighted by molar-refractivity contribution is -0.118. The number of aryl methyl sites for hydroxylation is 1. The summed E-state index contributed by atoms with van der Waals surface area (Å²) in [7, 11) is 0. The Morgan fingerprint density at radius 3 is 2.88 bits per heavy atom. The van der Waals surface area contributed by atoms with Gasteiger partial charge in [-0.15, -0.1) is 0 Å². The lowest BCUT2D eigenvalue weighted by Gasteiger charge is -2.01. The molecule has 0 unspecified atom stereocenters. The minimum Gasteiger partial charge on any atom is -0.458 e. The fourth-order valence-electron chi connectivity index (χ4n) is 1.34. The maximum Gasteiger partial charge on any atom is 0.244 e. The zero-order valence-corrected chi connectivity index (χ0v) is 9.21. The largest absolute Gasteiger partial charge is 0.458 e. The van der Waals surface area contributed by atoms with Gasteiger partial charge < -0.3 is 20.4 Å². The second kappa shape index (κ2) is 4.38. The highest BCUT2D eigenvalue weighted by Gasteiger charge is 2.18. The number of nitrogens with two attached hydrogens (primary N) is 2. The zero-order valence-electron chi connectivity index (χ0n) is 9.21. The molecule has 0 saturated carbocycles. The Morgan fingerprint density at radius 2 is 2.29 bits per heavy atom. The number of aromatic nitrogens is 2. The minimum atomic E-state index is -0.690. The highest BCUT2D eigenvalue weighted by molar-refractivity contribution is 5.74. The van der Waals surface area contributed by atoms with Gasteiger partial charge in [-0.2, -0.15) is 4.98 Å². The average molecular weight is 236 g/mol. The number of nitrogens with zero attached hydrogens (tertiary/aromatic N) is 2. The van der Waals surface area contributed by atoms with Crippen LogP contribution in [0.15, 0.2) is 21.1 Å². The molecule has 7 heteroatoms. The topological polar surface area (TPSA) is 121 Å². The molecule has 2 aromatic rings. The fraction of sp³-hybridized carbons (Fsp3) is 0.300. The van der Waals surface area contributed by atoms with Gasteiger partial charge in [0.1, 0.15) is 5.76 Å². The van der Waals surface area contributed by atoms with Gasteiger partial charge in [-0.1, -0.05) is 5.16 Å². The molecule has 7 nitrogen and oxygen atoms in total. The maximum atomic E-state index is 10.7. The first kappa shape index (κ1) is 11.3. The Hall–Kier alpha value is -2.15. The van der Waals surface area contributed by atoms with Crippen molar-refractivity contribution in [1.82, 2.24) is 10.1 Å². The van der Waals surface area contributed by atoms with E-state index in [1.165, 1.54) is 0 Å². The molecule has 4 N–H and O–H groups in total. The summed E-state index contributed by atoms with van der Waals surface area (Å²) in [6, 6.07) is 2.82. The molecule has 2 rings (SSSR count). The molecule has 0 aromatic carbocycles. The monoisotopic (exact) mass is 236 g/mol. The molecule has 0 spiro atoms. The van der Waals surface area contributed by atoms with E-state index in [9.17, 15) is 4.79 Å². The summed E-state index contributed by atoms with van der Waals surface area (Å²) in [5.41, 5.74) is 10.7. The van der Waals surface area contributed by atoms with Gasteiger partial charge in [0.2, 0.25) is 17.6 Å². The van der Waals surface area contributed by atoms with E-state index in [0.717, 1.165) is 5.76 Å². The number of carbonyl (C=O) groups excluding carboxylic acids is 1. The third-order valence-corrected chi connectivity index (χ3v) is 2.14. The third kappa shape index (κ3) is 2.51. The van der Waals surface area contributed by atoms with Gasteiger partial charge in [0.05, 0.1) is 12.5 Å². The van der Waals surface area contributed by atoms with Crippen LogP contribution in [0.4, 0.5) is 0 Å². The highest BCUT2D eigenvalue weighted by atomic mass is 16.5. The number of rotatable bonds is 4. The molecule has 17 heavy (non-hydrogen) atoms. The molecule has 2 heterocycles. The number of hydrogen-bond acceptors (Lipinski definition) is 6. The molecular weight excluding hydrogens is 224 g/mol. The van der Waals surface area contributed by atoms with Gasteiger partial charge in [-0.3, -0.25) is 4.79 Å². The minimum absolute atomic E-state index is 0.0428. The molecule has 90 valence electrons. The van der Waals surface area contributed by atoms with Crippen molar-refractivity contribution in [3.05, 3.63) is 23.8 Å². The van der Waals surface area contributed by atoms with Crippen molar-refractivity contribution in [3.8, 4) is 11.6 Å². The number of carbonyl (C=O) groups is 1. The molecule has 0 aliphatic heterocycles. The van der Waals surface area contributed by atoms with Crippen molar-refractivity contribution in [2.24, 2.45) is 11.5 Å². The van der Waals surface area contributed by atoms with Crippen LogP contribution in [0.3, 0.4) is 0 Å². The number of furan rings is 1. The van der Waals surface area contributed by atoms with Gasteiger partial charge >= 0.3 is 0 Å². The first-order valence-corrected chi connectivity index (χ1v) is 5.00. The van der Waals surface area contributed by atoms with Crippen molar-refractivity contribution in [2.45, 2.75) is 19.4 Å². The van der Waals surface area contributed by atoms with Crippen LogP contribution in [0.25, 0.3) is 11.6 Å². The first-order valence-electron chi connectivity index (χ1n) is 5.00. The predicted octanol–water partition coefficient (Wildman–Crippen LogP) is 0.513. The van der Waals surface area contributed by atoms with E-state index in [4.69, 9.17) is 20.4 Å². The number of hydrogen-bond donors (Lipinski definition) is 2. The van der Waals surface area contributed by atoms with Crippen molar-refractivity contribution in [3.63, 3.8) is 0 Å². The molecular formula is C10H12N4O3. The first-order chi connectivity index (χ1) is 8.06. The van der Waals surface area contributed by atoms with Gasteiger partial charge in [-0.05, 0) is 19.1 Å². The van der Waals surface area contributed by atoms with Crippen LogP contribution in [0.5, 0.6) is 0 Å². The van der Waals surface area contributed by atoms with Crippen LogP contribution in [-0.2, 0) is 4.79 Å². The Kier molecular flexibility index (Phi) is 2.92. The Balaban J connectivity index is 2.18. The molecule has 0 aliphatic rings. The third-order valence-electron chi connectivity index (χ3n) is 2.14. The smallest absolute Gasteiger partial charge is 0.244 e. The van der Waals surface area contributed by atoms with Crippen LogP contribution in [0, 0.1) is 6.92 Å². The Labute approximate surface area is 96.8 Å². The number of primary amides is 1. The number of amides is 1. The summed E-state index contributed by atoms with van der Waals surface area (Å²) in [6.45, 7) is 1.81. The van der Waals surface area contributed by atoms with Crippen molar-refractivity contribution < 1.29 is 13.7 Å². The quantitative estimate of drug-likeness (QED) is 0.797. The second-order valence-electron chi connectivity index (χ2n) is 3.64. The van der Waals surface area contributed by atoms with E-state index >= 15 is 0 Å². The second-order valence-corrected chi connectivity index (χ2v) is 3.64. The standard InChI is InChI=1S/C10H12N4O3/c1-5-2-3-7(16-5)9-13-10(17-14-9)6(11)4-8(12)15/h2-3,6H,4,11H2,1H3,(H2,12,15)/t6-/m0/s1. The molecule has 0 bridgehead atoms. The molecule has 0 radical (unpaired) electrons. The van der Waals surface area contributed by atoms with E-state index in [0.29, 0.717) is 11.6 Å². The van der Waals surface area contributed by atoms with Gasteiger partial charge in [0.15, 0.2) is 5.76 Å². The van der Waals surface area contributed by atoms with Crippen molar-refractivity contribution in [2.75, 3.05) is 0 Å². The Morgan fingerprint density at radius 1 is 1.53 bits per heavy atom. The van der Waals surface area contributed by atoms with E-state index < -0.39 is 11.9 Å². The maximum absolute atomic E-state index is 10.7. The average Bonchev–Trinajstić information content (AvgIpc) is 2.84. The van der Waals surface area contributed by atoms with Crippen LogP contribution in [-0.4, -0.2) is 16.0 Å². The Bertz CT molecular complexity index is 531. The summed E-state index contributed by atoms with van der Waals surface area (Å²) in [5.74, 6) is 1.17. The molecule has 0 aliphatic carbocycles. The summed E-state index contributed by atoms with van der Waals surface area (Å²) < 4.78 is 10.3. The fourth-order valence-corrected chi connectivity index (χ4v) is 1.34. The summed E-state index contributed by atoms with van der Waals surface area (Å²) in [4.78, 5) is 14.7. The lowest BCUT2D eigenvalue weighted by Crippen LogP contribution is -2.20. The van der Waals surface area contributed by atoms with E-state index in [1.54, 1.807) is 12.1 Å². The molecule has 1 amide bonds. The predicted molar refractivity (Wildman–Crippen MR) is 57.5 cm³/mol. The van der Waals surface area contributed by atoms with Gasteiger partial charge in [-0.25, -0.2) is 0 Å². The normalized spacial score (nSPS) is 12.6. The van der Waals surface area contributed by atoms with Crippen LogP contribution >= 0.6 is 0 Å². The van der Waals surface area contributed by atoms with Crippen LogP contribution < -0.4 is 11.5 Å². The summed E-state index contributed by atoms with van der Waals surface area (Å²) >= 11 is 0. The molecule has 1 atom stereocenters. The van der Waals surface area contributed by atoms with E-state index in [2.05, 4.69) is 10.1 Å². The molecule has 0 fully saturated rings. The zero-order chi connectivity index (χ0) is 12.4. The van der Waals surface area contributed by atoms with E-state index in [-0.39, 0.29) is 12.3 Å². The SMILES string of the molecule is Cc1ccc(-c2noc([C@@H](N)CC(N)=O)n2)o1. The van der Waals surface area contributed by atoms with Crippen LogP contribution in [0.1, 0.15) is 24.1 Å².